The Balaban J connectivity index is 5.05. The first-order valence-electron chi connectivity index (χ1n) is 7.52. The molecule has 1 nitrogen and oxygen atoms in total. The van der Waals surface area contributed by atoms with Crippen LogP contribution in [0.4, 0.5) is 0 Å². The Morgan fingerprint density at radius 1 is 1.05 bits per heavy atom. The van der Waals surface area contributed by atoms with Crippen molar-refractivity contribution in [2.45, 2.75) is 84.0 Å². The molecule has 0 aliphatic rings. The summed E-state index contributed by atoms with van der Waals surface area (Å²) in [6, 6.07) is 0. The van der Waals surface area contributed by atoms with Crippen molar-refractivity contribution in [1.82, 2.24) is 0 Å². The van der Waals surface area contributed by atoms with Gasteiger partial charge in [0.1, 0.15) is 0 Å². The van der Waals surface area contributed by atoms with Crippen LogP contribution in [0, 0.1) is 11.8 Å². The van der Waals surface area contributed by atoms with Gasteiger partial charge in [-0.3, -0.25) is 0 Å². The standard InChI is InChI=1S/C17H32OSi/c1-9-11-12-13-17(10-2)18-19(14(3)4,15(5)6)16(7)8/h10,14-17H,2,12-13H2,1,3-8H3. The quantitative estimate of drug-likeness (QED) is 0.322. The van der Waals surface area contributed by atoms with Crippen LogP contribution >= 0.6 is 0 Å². The van der Waals surface area contributed by atoms with Gasteiger partial charge in [-0.15, -0.1) is 18.4 Å². The Morgan fingerprint density at radius 2 is 1.53 bits per heavy atom. The molecule has 0 N–H and O–H groups in total. The van der Waals surface area contributed by atoms with Gasteiger partial charge in [0.05, 0.1) is 6.10 Å². The van der Waals surface area contributed by atoms with Crippen molar-refractivity contribution in [3.05, 3.63) is 12.7 Å². The van der Waals surface area contributed by atoms with Crippen LogP contribution in [-0.4, -0.2) is 14.4 Å². The minimum Gasteiger partial charge on any atom is -0.410 e. The molecule has 0 aliphatic heterocycles. The molecule has 0 amide bonds. The zero-order valence-corrected chi connectivity index (χ0v) is 14.9. The van der Waals surface area contributed by atoms with Crippen LogP contribution in [0.3, 0.4) is 0 Å². The van der Waals surface area contributed by atoms with E-state index in [1.165, 1.54) is 0 Å². The fraction of sp³-hybridized carbons (Fsp3) is 0.765. The maximum absolute atomic E-state index is 6.67. The lowest BCUT2D eigenvalue weighted by atomic mass is 10.2. The van der Waals surface area contributed by atoms with Gasteiger partial charge in [0.25, 0.3) is 0 Å². The maximum atomic E-state index is 6.67. The average Bonchev–Trinajstić information content (AvgIpc) is 2.32. The highest BCUT2D eigenvalue weighted by Gasteiger charge is 2.46. The Kier molecular flexibility index (Phi) is 8.37. The molecule has 0 aromatic carbocycles. The van der Waals surface area contributed by atoms with Gasteiger partial charge in [0.15, 0.2) is 0 Å². The molecule has 0 aromatic rings. The third-order valence-electron chi connectivity index (χ3n) is 4.06. The predicted molar refractivity (Wildman–Crippen MR) is 88.8 cm³/mol. The highest BCUT2D eigenvalue weighted by molar-refractivity contribution is 6.77. The monoisotopic (exact) mass is 280 g/mol. The van der Waals surface area contributed by atoms with Gasteiger partial charge in [0.2, 0.25) is 8.32 Å². The lowest BCUT2D eigenvalue weighted by Crippen LogP contribution is -2.49. The van der Waals surface area contributed by atoms with E-state index in [-0.39, 0.29) is 6.10 Å². The molecule has 0 fully saturated rings. The van der Waals surface area contributed by atoms with Crippen molar-refractivity contribution in [2.24, 2.45) is 0 Å². The van der Waals surface area contributed by atoms with E-state index in [1.807, 2.05) is 13.0 Å². The van der Waals surface area contributed by atoms with Gasteiger partial charge >= 0.3 is 0 Å². The van der Waals surface area contributed by atoms with Crippen LogP contribution in [0.5, 0.6) is 0 Å². The zero-order valence-electron chi connectivity index (χ0n) is 13.9. The maximum Gasteiger partial charge on any atom is 0.201 e. The molecular formula is C17H32OSi. The minimum absolute atomic E-state index is 0.153. The van der Waals surface area contributed by atoms with E-state index in [0.717, 1.165) is 12.8 Å². The van der Waals surface area contributed by atoms with Gasteiger partial charge in [0, 0.05) is 6.42 Å². The van der Waals surface area contributed by atoms with E-state index < -0.39 is 8.32 Å². The van der Waals surface area contributed by atoms with Crippen molar-refractivity contribution in [1.29, 1.82) is 0 Å². The fourth-order valence-electron chi connectivity index (χ4n) is 3.23. The summed E-state index contributed by atoms with van der Waals surface area (Å²) in [5.74, 6) is 6.07. The molecule has 110 valence electrons. The largest absolute Gasteiger partial charge is 0.410 e. The SMILES string of the molecule is C=CC(CCC#CC)O[Si](C(C)C)(C(C)C)C(C)C. The van der Waals surface area contributed by atoms with Gasteiger partial charge in [-0.25, -0.2) is 0 Å². The Hall–Kier alpha value is -0.523. The summed E-state index contributed by atoms with van der Waals surface area (Å²) < 4.78 is 6.67. The van der Waals surface area contributed by atoms with Crippen molar-refractivity contribution < 1.29 is 4.43 Å². The molecule has 1 unspecified atom stereocenters. The van der Waals surface area contributed by atoms with Crippen LogP contribution in [0.2, 0.25) is 16.6 Å². The zero-order chi connectivity index (χ0) is 15.1. The second-order valence-corrected chi connectivity index (χ2v) is 11.6. The topological polar surface area (TPSA) is 9.23 Å². The summed E-state index contributed by atoms with van der Waals surface area (Å²) in [4.78, 5) is 0. The summed E-state index contributed by atoms with van der Waals surface area (Å²) in [5.41, 5.74) is 1.85. The van der Waals surface area contributed by atoms with E-state index in [1.54, 1.807) is 0 Å². The van der Waals surface area contributed by atoms with Crippen molar-refractivity contribution in [3.63, 3.8) is 0 Å². The summed E-state index contributed by atoms with van der Waals surface area (Å²) in [5, 5.41) is 0. The second kappa shape index (κ2) is 8.61. The van der Waals surface area contributed by atoms with E-state index in [0.29, 0.717) is 16.6 Å². The van der Waals surface area contributed by atoms with Gasteiger partial charge in [-0.2, -0.15) is 0 Å². The first-order chi connectivity index (χ1) is 8.82. The van der Waals surface area contributed by atoms with Crippen LogP contribution in [0.15, 0.2) is 12.7 Å². The van der Waals surface area contributed by atoms with Crippen LogP contribution in [-0.2, 0) is 4.43 Å². The Bertz CT molecular complexity index is 298. The minimum atomic E-state index is -1.79. The normalized spacial score (nSPS) is 13.6. The number of rotatable bonds is 8. The molecule has 0 aliphatic carbocycles. The first-order valence-corrected chi connectivity index (χ1v) is 9.66. The molecule has 0 bridgehead atoms. The lowest BCUT2D eigenvalue weighted by Gasteiger charge is -2.44. The Labute approximate surface area is 122 Å². The smallest absolute Gasteiger partial charge is 0.201 e. The molecule has 0 spiro atoms. The Morgan fingerprint density at radius 3 is 1.84 bits per heavy atom. The van der Waals surface area contributed by atoms with Gasteiger partial charge in [-0.05, 0) is 30.0 Å². The number of hydrogen-bond acceptors (Lipinski definition) is 1. The molecule has 0 heterocycles. The van der Waals surface area contributed by atoms with Crippen molar-refractivity contribution >= 4 is 8.32 Å². The fourth-order valence-corrected chi connectivity index (χ4v) is 8.79. The van der Waals surface area contributed by atoms with Crippen molar-refractivity contribution in [2.75, 3.05) is 0 Å². The molecule has 0 saturated heterocycles. The van der Waals surface area contributed by atoms with Gasteiger partial charge < -0.3 is 4.43 Å². The second-order valence-electron chi connectivity index (χ2n) is 6.18. The van der Waals surface area contributed by atoms with E-state index in [9.17, 15) is 0 Å². The molecule has 2 heteroatoms. The molecule has 0 radical (unpaired) electrons. The van der Waals surface area contributed by atoms with E-state index in [4.69, 9.17) is 4.43 Å². The summed E-state index contributed by atoms with van der Waals surface area (Å²) >= 11 is 0. The molecule has 0 aromatic heterocycles. The van der Waals surface area contributed by atoms with Gasteiger partial charge in [-0.1, -0.05) is 47.6 Å². The summed E-state index contributed by atoms with van der Waals surface area (Å²) in [6.07, 6.45) is 3.98. The molecular weight excluding hydrogens is 248 g/mol. The summed E-state index contributed by atoms with van der Waals surface area (Å²) in [7, 11) is -1.79. The lowest BCUT2D eigenvalue weighted by molar-refractivity contribution is 0.209. The number of hydrogen-bond donors (Lipinski definition) is 0. The van der Waals surface area contributed by atoms with Crippen molar-refractivity contribution in [3.8, 4) is 11.8 Å². The van der Waals surface area contributed by atoms with Crippen LogP contribution in [0.25, 0.3) is 0 Å². The summed E-state index contributed by atoms with van der Waals surface area (Å²) in [6.45, 7) is 19.7. The predicted octanol–water partition coefficient (Wildman–Crippen LogP) is 5.54. The molecule has 1 atom stereocenters. The first kappa shape index (κ1) is 18.5. The van der Waals surface area contributed by atoms with Crippen LogP contribution < -0.4 is 0 Å². The third-order valence-corrected chi connectivity index (χ3v) is 10.2. The van der Waals surface area contributed by atoms with Crippen LogP contribution in [0.1, 0.15) is 61.3 Å². The highest BCUT2D eigenvalue weighted by atomic mass is 28.4. The molecule has 19 heavy (non-hydrogen) atoms. The van der Waals surface area contributed by atoms with E-state index >= 15 is 0 Å². The average molecular weight is 281 g/mol. The molecule has 0 rings (SSSR count). The highest BCUT2D eigenvalue weighted by Crippen LogP contribution is 2.43. The third kappa shape index (κ3) is 4.82. The molecule has 0 saturated carbocycles. The van der Waals surface area contributed by atoms with E-state index in [2.05, 4.69) is 60.0 Å².